The van der Waals surface area contributed by atoms with Gasteiger partial charge in [0.1, 0.15) is 5.41 Å². The van der Waals surface area contributed by atoms with Crippen LogP contribution in [0.25, 0.3) is 0 Å². The number of allylic oxidation sites excluding steroid dienone is 6. The van der Waals surface area contributed by atoms with Crippen LogP contribution in [0.4, 0.5) is 0 Å². The Morgan fingerprint density at radius 3 is 1.77 bits per heavy atom. The van der Waals surface area contributed by atoms with Crippen LogP contribution in [0.3, 0.4) is 0 Å². The van der Waals surface area contributed by atoms with Gasteiger partial charge in [-0.15, -0.1) is 0 Å². The molecule has 0 bridgehead atoms. The summed E-state index contributed by atoms with van der Waals surface area (Å²) in [5.74, 6) is -1.38. The second-order valence-electron chi connectivity index (χ2n) is 7.33. The summed E-state index contributed by atoms with van der Waals surface area (Å²) < 4.78 is 0. The number of hydrogen-bond donors (Lipinski definition) is 4. The Labute approximate surface area is 157 Å². The lowest BCUT2D eigenvalue weighted by molar-refractivity contribution is -0.165. The van der Waals surface area contributed by atoms with Gasteiger partial charge in [0.05, 0.1) is 19.3 Å². The molecule has 0 saturated heterocycles. The summed E-state index contributed by atoms with van der Waals surface area (Å²) in [5.41, 5.74) is 2.00. The first-order chi connectivity index (χ1) is 12.2. The van der Waals surface area contributed by atoms with Crippen molar-refractivity contribution in [1.29, 1.82) is 0 Å². The molecule has 4 N–H and O–H groups in total. The Kier molecular flexibility index (Phi) is 12.1. The molecule has 0 aromatic heterocycles. The molecular formula is C21H36O5. The highest BCUT2D eigenvalue weighted by Gasteiger charge is 2.44. The van der Waals surface area contributed by atoms with Gasteiger partial charge in [-0.05, 0) is 66.2 Å². The summed E-state index contributed by atoms with van der Waals surface area (Å²) in [6.45, 7) is 6.78. The molecule has 0 heterocycles. The van der Waals surface area contributed by atoms with Crippen molar-refractivity contribution in [2.45, 2.75) is 72.3 Å². The number of aliphatic carboxylic acids is 1. The van der Waals surface area contributed by atoms with Gasteiger partial charge in [0, 0.05) is 0 Å². The average molecular weight is 369 g/mol. The number of aliphatic hydroxyl groups is 3. The molecule has 5 nitrogen and oxygen atoms in total. The summed E-state index contributed by atoms with van der Waals surface area (Å²) in [7, 11) is 0. The van der Waals surface area contributed by atoms with E-state index >= 15 is 0 Å². The Morgan fingerprint density at radius 2 is 1.35 bits per heavy atom. The van der Waals surface area contributed by atoms with Gasteiger partial charge in [-0.1, -0.05) is 34.9 Å². The first kappa shape index (κ1) is 24.6. The van der Waals surface area contributed by atoms with Crippen molar-refractivity contribution >= 4 is 5.97 Å². The molecule has 0 fully saturated rings. The monoisotopic (exact) mass is 368 g/mol. The molecule has 0 aromatic carbocycles. The summed E-state index contributed by atoms with van der Waals surface area (Å²) in [6.07, 6.45) is 9.87. The highest BCUT2D eigenvalue weighted by molar-refractivity contribution is 5.75. The number of rotatable bonds is 13. The van der Waals surface area contributed by atoms with E-state index in [9.17, 15) is 20.1 Å². The van der Waals surface area contributed by atoms with Gasteiger partial charge in [0.15, 0.2) is 0 Å². The van der Waals surface area contributed by atoms with Crippen LogP contribution in [0.5, 0.6) is 0 Å². The fourth-order valence-corrected chi connectivity index (χ4v) is 2.64. The molecule has 0 spiro atoms. The van der Waals surface area contributed by atoms with Crippen LogP contribution in [0.1, 0.15) is 66.2 Å². The summed E-state index contributed by atoms with van der Waals surface area (Å²) >= 11 is 0. The molecule has 0 aromatic rings. The highest BCUT2D eigenvalue weighted by atomic mass is 16.4. The van der Waals surface area contributed by atoms with Crippen LogP contribution < -0.4 is 0 Å². The van der Waals surface area contributed by atoms with E-state index in [1.54, 1.807) is 0 Å². The first-order valence-electron chi connectivity index (χ1n) is 9.27. The standard InChI is InChI=1S/C21H36O5/c1-16(2)8-5-9-17(3)10-6-11-18(4)12-7-13-19(24)21(14-22,15-23)20(25)26/h8,10,12,19,22-24H,5-7,9,11,13-15H2,1-4H3,(H,25,26). The Hall–Kier alpha value is -1.43. The van der Waals surface area contributed by atoms with Crippen molar-refractivity contribution in [3.8, 4) is 0 Å². The number of carboxylic acid groups (broad SMARTS) is 1. The molecule has 0 saturated carbocycles. The highest BCUT2D eigenvalue weighted by Crippen LogP contribution is 2.25. The lowest BCUT2D eigenvalue weighted by Crippen LogP contribution is -2.48. The van der Waals surface area contributed by atoms with E-state index in [2.05, 4.69) is 32.9 Å². The summed E-state index contributed by atoms with van der Waals surface area (Å²) in [5, 5.41) is 37.7. The molecule has 5 heteroatoms. The molecule has 0 aliphatic rings. The van der Waals surface area contributed by atoms with Crippen molar-refractivity contribution in [2.24, 2.45) is 5.41 Å². The SMILES string of the molecule is CC(C)=CCCC(C)=CCCC(C)=CCCC(O)C(CO)(CO)C(=O)O. The Balaban J connectivity index is 4.37. The van der Waals surface area contributed by atoms with Crippen LogP contribution in [0, 0.1) is 5.41 Å². The van der Waals surface area contributed by atoms with Gasteiger partial charge in [-0.3, -0.25) is 4.79 Å². The largest absolute Gasteiger partial charge is 0.481 e. The van der Waals surface area contributed by atoms with Crippen LogP contribution in [-0.2, 0) is 4.79 Å². The van der Waals surface area contributed by atoms with Crippen molar-refractivity contribution < 1.29 is 25.2 Å². The number of carbonyl (C=O) groups is 1. The minimum Gasteiger partial charge on any atom is -0.481 e. The van der Waals surface area contributed by atoms with E-state index in [1.165, 1.54) is 16.7 Å². The minimum absolute atomic E-state index is 0.183. The predicted molar refractivity (Wildman–Crippen MR) is 105 cm³/mol. The number of aliphatic hydroxyl groups excluding tert-OH is 3. The Bertz CT molecular complexity index is 508. The lowest BCUT2D eigenvalue weighted by atomic mass is 9.81. The molecule has 0 rings (SSSR count). The molecule has 26 heavy (non-hydrogen) atoms. The van der Waals surface area contributed by atoms with Crippen LogP contribution >= 0.6 is 0 Å². The van der Waals surface area contributed by atoms with E-state index < -0.39 is 30.7 Å². The third-order valence-corrected chi connectivity index (χ3v) is 4.68. The normalized spacial score (nSPS) is 14.3. The van der Waals surface area contributed by atoms with E-state index in [0.717, 1.165) is 25.7 Å². The quantitative estimate of drug-likeness (QED) is 0.372. The zero-order valence-electron chi connectivity index (χ0n) is 16.7. The molecule has 150 valence electrons. The maximum atomic E-state index is 11.2. The van der Waals surface area contributed by atoms with Crippen LogP contribution in [-0.4, -0.2) is 45.7 Å². The zero-order valence-corrected chi connectivity index (χ0v) is 16.7. The predicted octanol–water partition coefficient (Wildman–Crippen LogP) is 3.60. The van der Waals surface area contributed by atoms with Crippen molar-refractivity contribution in [3.63, 3.8) is 0 Å². The van der Waals surface area contributed by atoms with E-state index in [-0.39, 0.29) is 6.42 Å². The smallest absolute Gasteiger partial charge is 0.317 e. The molecule has 0 radical (unpaired) electrons. The first-order valence-corrected chi connectivity index (χ1v) is 9.27. The number of carboxylic acids is 1. The fraction of sp³-hybridized carbons (Fsp3) is 0.667. The fourth-order valence-electron chi connectivity index (χ4n) is 2.64. The molecule has 1 unspecified atom stereocenters. The van der Waals surface area contributed by atoms with Crippen LogP contribution in [0.15, 0.2) is 34.9 Å². The number of hydrogen-bond acceptors (Lipinski definition) is 4. The van der Waals surface area contributed by atoms with Gasteiger partial charge in [0.25, 0.3) is 0 Å². The topological polar surface area (TPSA) is 98.0 Å². The lowest BCUT2D eigenvalue weighted by Gasteiger charge is -2.30. The second-order valence-corrected chi connectivity index (χ2v) is 7.33. The third kappa shape index (κ3) is 8.79. The summed E-state index contributed by atoms with van der Waals surface area (Å²) in [4.78, 5) is 11.2. The third-order valence-electron chi connectivity index (χ3n) is 4.68. The van der Waals surface area contributed by atoms with Crippen molar-refractivity contribution in [3.05, 3.63) is 34.9 Å². The minimum atomic E-state index is -1.90. The molecular weight excluding hydrogens is 332 g/mol. The van der Waals surface area contributed by atoms with Crippen molar-refractivity contribution in [2.75, 3.05) is 13.2 Å². The van der Waals surface area contributed by atoms with E-state index in [4.69, 9.17) is 5.11 Å². The molecule has 0 aliphatic carbocycles. The van der Waals surface area contributed by atoms with Gasteiger partial charge in [0.2, 0.25) is 0 Å². The maximum Gasteiger partial charge on any atom is 0.317 e. The van der Waals surface area contributed by atoms with E-state index in [0.29, 0.717) is 6.42 Å². The second kappa shape index (κ2) is 12.8. The zero-order chi connectivity index (χ0) is 20.2. The van der Waals surface area contributed by atoms with Gasteiger partial charge < -0.3 is 20.4 Å². The molecule has 0 amide bonds. The van der Waals surface area contributed by atoms with Gasteiger partial charge in [-0.25, -0.2) is 0 Å². The van der Waals surface area contributed by atoms with Crippen LogP contribution in [0.2, 0.25) is 0 Å². The maximum absolute atomic E-state index is 11.2. The molecule has 1 atom stereocenters. The van der Waals surface area contributed by atoms with Crippen molar-refractivity contribution in [1.82, 2.24) is 0 Å². The van der Waals surface area contributed by atoms with E-state index in [1.807, 2.05) is 13.0 Å². The average Bonchev–Trinajstić information content (AvgIpc) is 2.55. The summed E-state index contributed by atoms with van der Waals surface area (Å²) in [6, 6.07) is 0. The van der Waals surface area contributed by atoms with Gasteiger partial charge >= 0.3 is 5.97 Å². The molecule has 0 aliphatic heterocycles. The van der Waals surface area contributed by atoms with Gasteiger partial charge in [-0.2, -0.15) is 0 Å². The Morgan fingerprint density at radius 1 is 0.885 bits per heavy atom.